The first kappa shape index (κ1) is 48.0. The number of hydrogen-bond donors (Lipinski definition) is 0. The summed E-state index contributed by atoms with van der Waals surface area (Å²) in [6.07, 6.45) is 6.66. The first-order chi connectivity index (χ1) is 41.6. The van der Waals surface area contributed by atoms with Crippen LogP contribution in [-0.4, -0.2) is 0 Å². The van der Waals surface area contributed by atoms with Crippen LogP contribution in [-0.2, 0) is 10.8 Å². The lowest BCUT2D eigenvalue weighted by Crippen LogP contribution is -2.55. The van der Waals surface area contributed by atoms with Crippen LogP contribution in [0, 0.1) is 37.5 Å². The van der Waals surface area contributed by atoms with E-state index in [0.29, 0.717) is 11.8 Å². The molecule has 2 aromatic heterocycles. The fourth-order valence-corrected chi connectivity index (χ4v) is 18.2. The molecule has 12 aromatic carbocycles. The van der Waals surface area contributed by atoms with Crippen LogP contribution < -0.4 is 9.80 Å². The molecule has 6 aliphatic carbocycles. The minimum absolute atomic E-state index is 0.0960. The van der Waals surface area contributed by atoms with Gasteiger partial charge in [-0.1, -0.05) is 135 Å². The topological polar surface area (TPSA) is 32.8 Å². The Balaban J connectivity index is 0.801. The molecular formula is C81H62N2O2. The predicted molar refractivity (Wildman–Crippen MR) is 353 cm³/mol. The number of benzene rings is 12. The minimum Gasteiger partial charge on any atom is -0.456 e. The fraction of sp³-hybridized carbons (Fsp3) is 0.185. The Labute approximate surface area is 494 Å². The smallest absolute Gasteiger partial charge is 0.136 e. The Hall–Kier alpha value is -9.38. The quantitative estimate of drug-likeness (QED) is 0.166. The number of fused-ring (bicyclic) bond motifs is 16. The third-order valence-corrected chi connectivity index (χ3v) is 21.8. The van der Waals surface area contributed by atoms with Crippen molar-refractivity contribution in [3.8, 4) is 22.3 Å². The Morgan fingerprint density at radius 3 is 1.46 bits per heavy atom. The van der Waals surface area contributed by atoms with Gasteiger partial charge in [-0.15, -0.1) is 0 Å². The first-order valence-corrected chi connectivity index (χ1v) is 31.0. The summed E-state index contributed by atoms with van der Waals surface area (Å²) in [5.41, 5.74) is 24.5. The van der Waals surface area contributed by atoms with Crippen LogP contribution >= 0.6 is 0 Å². The standard InChI is InChI=1S/C81H62N2O2/c1-46-15-5-11-21-72(46)82(56-27-25-50-38-65-61-18-9-13-23-75(61)84-77(65)40-52(50)36-56)58-29-30-59-64-43-67-70(44-69(64)80(3,4)68(59)42-58)81(54-32-48-31-49(34-54)35-55(81)33-48)71-45-74(60-17-7-8-20-63(60)79(67)71)83(73-22-12-6-16-47(73)2)57-28-26-51-39-66-62-19-10-14-24-76(62)85-78(66)41-53(51)37-57/h5-30,36-45,48-49,54-55H,31-35H2,1-4H3. The van der Waals surface area contributed by atoms with Gasteiger partial charge >= 0.3 is 0 Å². The van der Waals surface area contributed by atoms with Crippen LogP contribution in [0.15, 0.2) is 227 Å². The maximum Gasteiger partial charge on any atom is 0.136 e. The summed E-state index contributed by atoms with van der Waals surface area (Å²) in [5, 5.41) is 12.0. The van der Waals surface area contributed by atoms with Crippen molar-refractivity contribution in [1.29, 1.82) is 0 Å². The Morgan fingerprint density at radius 1 is 0.341 bits per heavy atom. The molecule has 0 N–H and O–H groups in total. The van der Waals surface area contributed by atoms with E-state index in [2.05, 4.69) is 256 Å². The van der Waals surface area contributed by atoms with Gasteiger partial charge < -0.3 is 18.6 Å². The fourth-order valence-electron chi connectivity index (χ4n) is 18.2. The van der Waals surface area contributed by atoms with Gasteiger partial charge in [0.15, 0.2) is 0 Å². The van der Waals surface area contributed by atoms with E-state index >= 15 is 0 Å². The van der Waals surface area contributed by atoms with Crippen LogP contribution in [0.1, 0.15) is 79.3 Å². The third-order valence-electron chi connectivity index (χ3n) is 21.8. The van der Waals surface area contributed by atoms with Gasteiger partial charge in [0.05, 0.1) is 5.69 Å². The molecule has 408 valence electrons. The molecule has 6 aliphatic rings. The van der Waals surface area contributed by atoms with E-state index in [4.69, 9.17) is 8.83 Å². The molecule has 85 heavy (non-hydrogen) atoms. The van der Waals surface area contributed by atoms with E-state index in [1.54, 1.807) is 11.1 Å². The first-order valence-electron chi connectivity index (χ1n) is 31.0. The Kier molecular flexibility index (Phi) is 9.69. The molecule has 4 nitrogen and oxygen atoms in total. The van der Waals surface area contributed by atoms with Crippen molar-refractivity contribution in [2.75, 3.05) is 9.80 Å². The normalized spacial score (nSPS) is 20.4. The van der Waals surface area contributed by atoms with Gasteiger partial charge in [0.1, 0.15) is 22.3 Å². The second-order valence-corrected chi connectivity index (χ2v) is 26.5. The summed E-state index contributed by atoms with van der Waals surface area (Å²) in [5.74, 6) is 2.80. The highest BCUT2D eigenvalue weighted by molar-refractivity contribution is 6.14. The van der Waals surface area contributed by atoms with Gasteiger partial charge in [-0.2, -0.15) is 0 Å². The Bertz CT molecular complexity index is 5220. The van der Waals surface area contributed by atoms with E-state index in [-0.39, 0.29) is 10.8 Å². The summed E-state index contributed by atoms with van der Waals surface area (Å²) < 4.78 is 13.0. The van der Waals surface area contributed by atoms with Crippen molar-refractivity contribution in [2.24, 2.45) is 23.7 Å². The SMILES string of the molecule is Cc1ccccc1N(c1ccc2c(c1)C(C)(C)c1cc3c(cc1-2)-c1c(cc(N(c2ccc4cc5c(cc4c2)oc2ccccc25)c2ccccc2C)c2ccccc12)C31C2CC3CC(C2)CC1C3)c1ccc2cc3c(cc2c1)oc1ccccc13. The average Bonchev–Trinajstić information content (AvgIpc) is 1.60. The third kappa shape index (κ3) is 6.58. The largest absolute Gasteiger partial charge is 0.456 e. The molecule has 0 saturated heterocycles. The molecule has 0 radical (unpaired) electrons. The molecule has 0 aliphatic heterocycles. The van der Waals surface area contributed by atoms with E-state index < -0.39 is 0 Å². The molecule has 4 saturated carbocycles. The number of rotatable bonds is 6. The number of nitrogens with zero attached hydrogens (tertiary/aromatic N) is 2. The van der Waals surface area contributed by atoms with Crippen molar-refractivity contribution in [3.05, 3.63) is 252 Å². The van der Waals surface area contributed by atoms with Gasteiger partial charge in [0, 0.05) is 66.2 Å². The molecule has 0 amide bonds. The molecule has 4 heteroatoms. The highest BCUT2D eigenvalue weighted by Crippen LogP contribution is 2.72. The number of anilines is 6. The van der Waals surface area contributed by atoms with Crippen molar-refractivity contribution >= 4 is 110 Å². The lowest BCUT2D eigenvalue weighted by Gasteiger charge is -2.61. The van der Waals surface area contributed by atoms with Crippen LogP contribution in [0.5, 0.6) is 0 Å². The van der Waals surface area contributed by atoms with Gasteiger partial charge in [0.2, 0.25) is 0 Å². The predicted octanol–water partition coefficient (Wildman–Crippen LogP) is 22.5. The average molecular weight is 1100 g/mol. The summed E-state index contributed by atoms with van der Waals surface area (Å²) in [7, 11) is 0. The number of aryl methyl sites for hydroxylation is 2. The number of furan rings is 2. The molecule has 14 aromatic rings. The molecule has 20 rings (SSSR count). The molecular weight excluding hydrogens is 1030 g/mol. The van der Waals surface area contributed by atoms with Crippen molar-refractivity contribution in [3.63, 3.8) is 0 Å². The zero-order chi connectivity index (χ0) is 56.2. The van der Waals surface area contributed by atoms with Gasteiger partial charge in [-0.25, -0.2) is 0 Å². The maximum absolute atomic E-state index is 6.52. The van der Waals surface area contributed by atoms with Crippen LogP contribution in [0.4, 0.5) is 34.1 Å². The van der Waals surface area contributed by atoms with Crippen molar-refractivity contribution in [2.45, 2.75) is 70.6 Å². The van der Waals surface area contributed by atoms with Crippen LogP contribution in [0.2, 0.25) is 0 Å². The lowest BCUT2D eigenvalue weighted by atomic mass is 9.43. The summed E-state index contributed by atoms with van der Waals surface area (Å²) in [6.45, 7) is 9.52. The Morgan fingerprint density at radius 2 is 0.847 bits per heavy atom. The van der Waals surface area contributed by atoms with Gasteiger partial charge in [-0.05, 0) is 249 Å². The molecule has 4 bridgehead atoms. The minimum atomic E-state index is -0.260. The highest BCUT2D eigenvalue weighted by atomic mass is 16.3. The van der Waals surface area contributed by atoms with E-state index in [9.17, 15) is 0 Å². The van der Waals surface area contributed by atoms with E-state index in [0.717, 1.165) is 72.5 Å². The number of hydrogen-bond acceptors (Lipinski definition) is 4. The van der Waals surface area contributed by atoms with Gasteiger partial charge in [-0.3, -0.25) is 0 Å². The van der Waals surface area contributed by atoms with Crippen LogP contribution in [0.3, 0.4) is 0 Å². The van der Waals surface area contributed by atoms with Crippen molar-refractivity contribution < 1.29 is 8.83 Å². The zero-order valence-electron chi connectivity index (χ0n) is 48.3. The maximum atomic E-state index is 6.52. The molecule has 4 fully saturated rings. The summed E-state index contributed by atoms with van der Waals surface area (Å²) >= 11 is 0. The lowest BCUT2D eigenvalue weighted by molar-refractivity contribution is -0.0399. The summed E-state index contributed by atoms with van der Waals surface area (Å²) in [6, 6.07) is 82.8. The monoisotopic (exact) mass is 1090 g/mol. The highest BCUT2D eigenvalue weighted by Gasteiger charge is 2.62. The van der Waals surface area contributed by atoms with Crippen molar-refractivity contribution in [1.82, 2.24) is 0 Å². The second-order valence-electron chi connectivity index (χ2n) is 26.5. The zero-order valence-corrected chi connectivity index (χ0v) is 48.3. The molecule has 0 unspecified atom stereocenters. The van der Waals surface area contributed by atoms with Gasteiger partial charge in [0.25, 0.3) is 0 Å². The van der Waals surface area contributed by atoms with Crippen LogP contribution in [0.25, 0.3) is 98.4 Å². The molecule has 0 atom stereocenters. The molecule has 1 spiro atoms. The summed E-state index contributed by atoms with van der Waals surface area (Å²) in [4.78, 5) is 5.08. The van der Waals surface area contributed by atoms with E-state index in [1.807, 2.05) is 0 Å². The molecule has 2 heterocycles. The second kappa shape index (κ2) is 17.1. The number of para-hydroxylation sites is 4. The van der Waals surface area contributed by atoms with E-state index in [1.165, 1.54) is 126 Å².